The van der Waals surface area contributed by atoms with Crippen LogP contribution in [0.15, 0.2) is 24.3 Å². The Morgan fingerprint density at radius 3 is 2.52 bits per heavy atom. The zero-order valence-corrected chi connectivity index (χ0v) is 12.6. The van der Waals surface area contributed by atoms with Gasteiger partial charge in [0.15, 0.2) is 0 Å². The van der Waals surface area contributed by atoms with Crippen LogP contribution in [-0.2, 0) is 0 Å². The van der Waals surface area contributed by atoms with Crippen LogP contribution in [-0.4, -0.2) is 37.1 Å². The lowest BCUT2D eigenvalue weighted by molar-refractivity contribution is -0.0503. The molecule has 21 heavy (non-hydrogen) atoms. The van der Waals surface area contributed by atoms with Crippen molar-refractivity contribution >= 4 is 5.91 Å². The van der Waals surface area contributed by atoms with Gasteiger partial charge in [-0.25, -0.2) is 0 Å². The van der Waals surface area contributed by atoms with Crippen molar-refractivity contribution in [3.63, 3.8) is 0 Å². The molecule has 1 aromatic carbocycles. The number of nitrogens with zero attached hydrogens (tertiary/aromatic N) is 1. The second-order valence-corrected chi connectivity index (χ2v) is 5.56. The molecule has 1 amide bonds. The summed E-state index contributed by atoms with van der Waals surface area (Å²) < 4.78 is 29.2. The van der Waals surface area contributed by atoms with Gasteiger partial charge in [-0.1, -0.05) is 26.0 Å². The third-order valence-corrected chi connectivity index (χ3v) is 3.17. The van der Waals surface area contributed by atoms with Crippen molar-refractivity contribution in [1.29, 1.82) is 0 Å². The van der Waals surface area contributed by atoms with Crippen LogP contribution in [0.1, 0.15) is 31.1 Å². The lowest BCUT2D eigenvalue weighted by Gasteiger charge is -2.31. The number of hydrogen-bond acceptors (Lipinski definition) is 3. The standard InChI is InChI=1S/C15H22F2N2O2/c1-4-19(10-15(2,3)9-18)13(20)11-7-5-6-8-12(11)21-14(16)17/h5-8,14H,4,9-10,18H2,1-3H3. The number of para-hydroxylation sites is 1. The molecule has 1 rings (SSSR count). The summed E-state index contributed by atoms with van der Waals surface area (Å²) >= 11 is 0. The predicted molar refractivity (Wildman–Crippen MR) is 77.5 cm³/mol. The van der Waals surface area contributed by atoms with Crippen LogP contribution < -0.4 is 10.5 Å². The van der Waals surface area contributed by atoms with Crippen LogP contribution in [0, 0.1) is 5.41 Å². The van der Waals surface area contributed by atoms with Crippen molar-refractivity contribution in [3.05, 3.63) is 29.8 Å². The van der Waals surface area contributed by atoms with Gasteiger partial charge < -0.3 is 15.4 Å². The van der Waals surface area contributed by atoms with E-state index >= 15 is 0 Å². The summed E-state index contributed by atoms with van der Waals surface area (Å²) in [5, 5.41) is 0. The number of ether oxygens (including phenoxy) is 1. The van der Waals surface area contributed by atoms with Gasteiger partial charge in [-0.3, -0.25) is 4.79 Å². The van der Waals surface area contributed by atoms with Crippen LogP contribution in [0.3, 0.4) is 0 Å². The molecule has 0 atom stereocenters. The number of amides is 1. The van der Waals surface area contributed by atoms with E-state index in [9.17, 15) is 13.6 Å². The molecule has 0 spiro atoms. The second-order valence-electron chi connectivity index (χ2n) is 5.56. The lowest BCUT2D eigenvalue weighted by atomic mass is 9.93. The topological polar surface area (TPSA) is 55.6 Å². The third kappa shape index (κ3) is 4.97. The minimum Gasteiger partial charge on any atom is -0.434 e. The molecule has 0 aliphatic carbocycles. The summed E-state index contributed by atoms with van der Waals surface area (Å²) in [4.78, 5) is 14.1. The van der Waals surface area contributed by atoms with Gasteiger partial charge in [0, 0.05) is 13.1 Å². The van der Waals surface area contributed by atoms with Crippen LogP contribution in [0.4, 0.5) is 8.78 Å². The SMILES string of the molecule is CCN(CC(C)(C)CN)C(=O)c1ccccc1OC(F)F. The molecule has 118 valence electrons. The molecule has 0 fully saturated rings. The van der Waals surface area contributed by atoms with Gasteiger partial charge in [0.2, 0.25) is 0 Å². The van der Waals surface area contributed by atoms with Crippen molar-refractivity contribution < 1.29 is 18.3 Å². The quantitative estimate of drug-likeness (QED) is 0.842. The Bertz CT molecular complexity index is 478. The molecule has 0 aromatic heterocycles. The Morgan fingerprint density at radius 1 is 1.38 bits per heavy atom. The van der Waals surface area contributed by atoms with E-state index in [1.165, 1.54) is 12.1 Å². The maximum atomic E-state index is 12.5. The Hall–Kier alpha value is -1.69. The molecule has 1 aromatic rings. The number of carbonyl (C=O) groups excluding carboxylic acids is 1. The van der Waals surface area contributed by atoms with Crippen molar-refractivity contribution in [1.82, 2.24) is 4.90 Å². The number of carbonyl (C=O) groups is 1. The Kier molecular flexibility index (Phi) is 6.08. The Morgan fingerprint density at radius 2 is 2.00 bits per heavy atom. The molecule has 4 nitrogen and oxygen atoms in total. The maximum Gasteiger partial charge on any atom is 0.387 e. The van der Waals surface area contributed by atoms with Crippen molar-refractivity contribution in [2.45, 2.75) is 27.4 Å². The maximum absolute atomic E-state index is 12.5. The molecule has 2 N–H and O–H groups in total. The number of rotatable bonds is 7. The third-order valence-electron chi connectivity index (χ3n) is 3.17. The van der Waals surface area contributed by atoms with E-state index in [2.05, 4.69) is 4.74 Å². The molecule has 0 radical (unpaired) electrons. The van der Waals surface area contributed by atoms with Gasteiger partial charge in [-0.2, -0.15) is 8.78 Å². The summed E-state index contributed by atoms with van der Waals surface area (Å²) in [6, 6.07) is 6.02. The summed E-state index contributed by atoms with van der Waals surface area (Å²) in [5.74, 6) is -0.447. The molecule has 0 bridgehead atoms. The van der Waals surface area contributed by atoms with Crippen LogP contribution in [0.5, 0.6) is 5.75 Å². The smallest absolute Gasteiger partial charge is 0.387 e. The molecule has 6 heteroatoms. The highest BCUT2D eigenvalue weighted by atomic mass is 19.3. The molecular formula is C15H22F2N2O2. The first-order chi connectivity index (χ1) is 9.80. The second kappa shape index (κ2) is 7.36. The summed E-state index contributed by atoms with van der Waals surface area (Å²) in [7, 11) is 0. The highest BCUT2D eigenvalue weighted by molar-refractivity contribution is 5.97. The van der Waals surface area contributed by atoms with E-state index in [1.54, 1.807) is 17.0 Å². The van der Waals surface area contributed by atoms with Gasteiger partial charge in [0.1, 0.15) is 5.75 Å². The number of halogens is 2. The zero-order valence-electron chi connectivity index (χ0n) is 12.6. The number of nitrogens with two attached hydrogens (primary N) is 1. The fraction of sp³-hybridized carbons (Fsp3) is 0.533. The van der Waals surface area contributed by atoms with Gasteiger partial charge in [0.25, 0.3) is 5.91 Å². The fourth-order valence-corrected chi connectivity index (χ4v) is 1.92. The zero-order chi connectivity index (χ0) is 16.0. The predicted octanol–water partition coefficient (Wildman–Crippen LogP) is 2.74. The minimum atomic E-state index is -2.96. The Balaban J connectivity index is 3.00. The van der Waals surface area contributed by atoms with Gasteiger partial charge >= 0.3 is 6.61 Å². The first-order valence-electron chi connectivity index (χ1n) is 6.84. The first-order valence-corrected chi connectivity index (χ1v) is 6.84. The molecule has 0 saturated carbocycles. The average Bonchev–Trinajstić information content (AvgIpc) is 2.44. The molecule has 0 heterocycles. The van der Waals surface area contributed by atoms with Gasteiger partial charge in [-0.15, -0.1) is 0 Å². The number of alkyl halides is 2. The largest absolute Gasteiger partial charge is 0.434 e. The normalized spacial score (nSPS) is 11.6. The lowest BCUT2D eigenvalue weighted by Crippen LogP contribution is -2.42. The van der Waals surface area contributed by atoms with E-state index in [-0.39, 0.29) is 22.6 Å². The summed E-state index contributed by atoms with van der Waals surface area (Å²) in [5.41, 5.74) is 5.57. The van der Waals surface area contributed by atoms with Crippen molar-refractivity contribution in [2.75, 3.05) is 19.6 Å². The van der Waals surface area contributed by atoms with E-state index in [1.807, 2.05) is 20.8 Å². The molecule has 0 aliphatic rings. The van der Waals surface area contributed by atoms with Crippen molar-refractivity contribution in [2.24, 2.45) is 11.1 Å². The van der Waals surface area contributed by atoms with E-state index in [0.717, 1.165) is 0 Å². The molecule has 0 saturated heterocycles. The molecule has 0 aliphatic heterocycles. The molecule has 0 unspecified atom stereocenters. The monoisotopic (exact) mass is 300 g/mol. The Labute approximate surface area is 123 Å². The van der Waals surface area contributed by atoms with E-state index in [4.69, 9.17) is 5.73 Å². The highest BCUT2D eigenvalue weighted by Crippen LogP contribution is 2.23. The minimum absolute atomic E-state index is 0.110. The van der Waals surface area contributed by atoms with E-state index in [0.29, 0.717) is 19.6 Å². The van der Waals surface area contributed by atoms with Crippen LogP contribution >= 0.6 is 0 Å². The number of hydrogen-bond donors (Lipinski definition) is 1. The van der Waals surface area contributed by atoms with Crippen molar-refractivity contribution in [3.8, 4) is 5.75 Å². The average molecular weight is 300 g/mol. The first kappa shape index (κ1) is 17.4. The summed E-state index contributed by atoms with van der Waals surface area (Å²) in [6.07, 6.45) is 0. The summed E-state index contributed by atoms with van der Waals surface area (Å²) in [6.45, 7) is 4.10. The highest BCUT2D eigenvalue weighted by Gasteiger charge is 2.25. The van der Waals surface area contributed by atoms with E-state index < -0.39 is 6.61 Å². The van der Waals surface area contributed by atoms with Crippen LogP contribution in [0.2, 0.25) is 0 Å². The molecular weight excluding hydrogens is 278 g/mol. The van der Waals surface area contributed by atoms with Crippen LogP contribution in [0.25, 0.3) is 0 Å². The fourth-order valence-electron chi connectivity index (χ4n) is 1.92. The number of benzene rings is 1. The van der Waals surface area contributed by atoms with Gasteiger partial charge in [-0.05, 0) is 31.0 Å². The van der Waals surface area contributed by atoms with Gasteiger partial charge in [0.05, 0.1) is 5.56 Å².